The molecule has 0 unspecified atom stereocenters. The van der Waals surface area contributed by atoms with Gasteiger partial charge in [-0.25, -0.2) is 9.78 Å². The van der Waals surface area contributed by atoms with Gasteiger partial charge in [-0.2, -0.15) is 0 Å². The number of unbranched alkanes of at least 4 members (excludes halogenated alkanes) is 1. The van der Waals surface area contributed by atoms with Gasteiger partial charge in [-0.1, -0.05) is 6.92 Å². The van der Waals surface area contributed by atoms with Crippen molar-refractivity contribution in [3.8, 4) is 0 Å². The van der Waals surface area contributed by atoms with E-state index in [1.54, 1.807) is 24.7 Å². The van der Waals surface area contributed by atoms with Crippen molar-refractivity contribution in [2.75, 3.05) is 19.4 Å². The number of fused-ring (bicyclic) bond motifs is 1. The molecule has 0 aliphatic rings. The lowest BCUT2D eigenvalue weighted by molar-refractivity contribution is 0.219. The summed E-state index contributed by atoms with van der Waals surface area (Å²) in [5.74, 6) is 0. The van der Waals surface area contributed by atoms with E-state index in [1.165, 1.54) is 9.13 Å². The summed E-state index contributed by atoms with van der Waals surface area (Å²) in [5, 5.41) is 0. The number of imidazole rings is 1. The van der Waals surface area contributed by atoms with Gasteiger partial charge >= 0.3 is 13.3 Å². The Morgan fingerprint density at radius 1 is 1.00 bits per heavy atom. The molecule has 0 saturated heterocycles. The third kappa shape index (κ3) is 4.82. The van der Waals surface area contributed by atoms with Crippen LogP contribution in [0.1, 0.15) is 47.0 Å². The van der Waals surface area contributed by atoms with Crippen LogP contribution in [0.5, 0.6) is 0 Å². The highest BCUT2D eigenvalue weighted by atomic mass is 31.2. The first kappa shape index (κ1) is 22.6. The monoisotopic (exact) mass is 414 g/mol. The molecule has 2 rings (SSSR count). The molecule has 10 heteroatoms. The number of rotatable bonds is 12. The summed E-state index contributed by atoms with van der Waals surface area (Å²) in [4.78, 5) is 30.0. The summed E-state index contributed by atoms with van der Waals surface area (Å²) in [7, 11) is -3.11. The minimum absolute atomic E-state index is 0.253. The van der Waals surface area contributed by atoms with E-state index in [4.69, 9.17) is 9.05 Å². The fourth-order valence-electron chi connectivity index (χ4n) is 3.27. The number of aryl methyl sites for hydroxylation is 2. The van der Waals surface area contributed by atoms with Crippen molar-refractivity contribution in [1.82, 2.24) is 18.7 Å². The number of hydrogen-bond acceptors (Lipinski definition) is 6. The zero-order valence-electron chi connectivity index (χ0n) is 17.2. The highest BCUT2D eigenvalue weighted by molar-refractivity contribution is 7.53. The first-order chi connectivity index (χ1) is 13.4. The van der Waals surface area contributed by atoms with E-state index in [2.05, 4.69) is 4.98 Å². The lowest BCUT2D eigenvalue weighted by Crippen LogP contribution is -2.40. The molecule has 0 aliphatic heterocycles. The van der Waals surface area contributed by atoms with Crippen LogP contribution in [0.15, 0.2) is 15.9 Å². The van der Waals surface area contributed by atoms with Gasteiger partial charge in [0.05, 0.1) is 25.7 Å². The maximum absolute atomic E-state index is 13.0. The van der Waals surface area contributed by atoms with Crippen LogP contribution in [-0.4, -0.2) is 38.1 Å². The van der Waals surface area contributed by atoms with Crippen molar-refractivity contribution < 1.29 is 13.6 Å². The van der Waals surface area contributed by atoms with E-state index >= 15 is 0 Å². The van der Waals surface area contributed by atoms with E-state index in [0.717, 1.165) is 6.42 Å². The molecule has 0 spiro atoms. The van der Waals surface area contributed by atoms with Gasteiger partial charge in [-0.15, -0.1) is 0 Å². The van der Waals surface area contributed by atoms with Crippen LogP contribution < -0.4 is 11.2 Å². The first-order valence-corrected chi connectivity index (χ1v) is 11.7. The van der Waals surface area contributed by atoms with Gasteiger partial charge in [0.1, 0.15) is 0 Å². The maximum atomic E-state index is 13.0. The molecule has 0 aliphatic carbocycles. The SMILES string of the molecule is CCCn1cnc2c1c(=O)n(CCCCP(=O)(OCC)OCC)c(=O)n2CC. The third-order valence-electron chi connectivity index (χ3n) is 4.48. The van der Waals surface area contributed by atoms with E-state index in [0.29, 0.717) is 50.3 Å². The first-order valence-electron chi connectivity index (χ1n) is 9.98. The summed E-state index contributed by atoms with van der Waals surface area (Å²) < 4.78 is 27.7. The second-order valence-corrected chi connectivity index (χ2v) is 8.66. The average molecular weight is 414 g/mol. The maximum Gasteiger partial charge on any atom is 0.332 e. The van der Waals surface area contributed by atoms with Crippen LogP contribution in [0.25, 0.3) is 11.2 Å². The van der Waals surface area contributed by atoms with E-state index < -0.39 is 7.60 Å². The molecule has 2 heterocycles. The molecule has 0 N–H and O–H groups in total. The number of hydrogen-bond donors (Lipinski definition) is 0. The van der Waals surface area contributed by atoms with E-state index in [-0.39, 0.29) is 24.0 Å². The quantitative estimate of drug-likeness (QED) is 0.391. The van der Waals surface area contributed by atoms with Crippen LogP contribution in [-0.2, 0) is 33.2 Å². The Kier molecular flexibility index (Phi) is 8.22. The Hall–Kier alpha value is -1.70. The molecule has 0 bridgehead atoms. The molecule has 0 atom stereocenters. The molecule has 0 amide bonds. The average Bonchev–Trinajstić information content (AvgIpc) is 3.06. The van der Waals surface area contributed by atoms with E-state index in [9.17, 15) is 14.2 Å². The van der Waals surface area contributed by atoms with Crippen LogP contribution in [0.3, 0.4) is 0 Å². The number of nitrogens with zero attached hydrogens (tertiary/aromatic N) is 4. The largest absolute Gasteiger partial charge is 0.332 e. The summed E-state index contributed by atoms with van der Waals surface area (Å²) in [6.45, 7) is 9.40. The summed E-state index contributed by atoms with van der Waals surface area (Å²) in [6.07, 6.45) is 3.80. The topological polar surface area (TPSA) is 97.4 Å². The zero-order chi connectivity index (χ0) is 20.7. The highest BCUT2D eigenvalue weighted by Crippen LogP contribution is 2.48. The van der Waals surface area contributed by atoms with Gasteiger partial charge in [0, 0.05) is 19.6 Å². The smallest absolute Gasteiger partial charge is 0.325 e. The van der Waals surface area contributed by atoms with Crippen molar-refractivity contribution in [3.05, 3.63) is 27.2 Å². The van der Waals surface area contributed by atoms with Gasteiger partial charge in [0.15, 0.2) is 11.2 Å². The van der Waals surface area contributed by atoms with Crippen LogP contribution >= 0.6 is 7.60 Å². The molecule has 0 aromatic carbocycles. The lowest BCUT2D eigenvalue weighted by Gasteiger charge is -2.17. The van der Waals surface area contributed by atoms with Crippen molar-refractivity contribution in [1.29, 1.82) is 0 Å². The minimum Gasteiger partial charge on any atom is -0.325 e. The van der Waals surface area contributed by atoms with Gasteiger partial charge < -0.3 is 13.6 Å². The third-order valence-corrected chi connectivity index (χ3v) is 6.65. The second kappa shape index (κ2) is 10.2. The molecule has 2 aromatic rings. The fourth-order valence-corrected chi connectivity index (χ4v) is 5.00. The molecule has 9 nitrogen and oxygen atoms in total. The molecule has 2 aromatic heterocycles. The van der Waals surface area contributed by atoms with Crippen molar-refractivity contribution >= 4 is 18.8 Å². The fraction of sp³-hybridized carbons (Fsp3) is 0.722. The Morgan fingerprint density at radius 3 is 2.25 bits per heavy atom. The van der Waals surface area contributed by atoms with Crippen LogP contribution in [0, 0.1) is 0 Å². The van der Waals surface area contributed by atoms with Gasteiger partial charge in [0.2, 0.25) is 0 Å². The minimum atomic E-state index is -3.11. The van der Waals surface area contributed by atoms with Gasteiger partial charge in [0.25, 0.3) is 5.56 Å². The standard InChI is InChI=1S/C18H31N4O5P/c1-5-11-20-14-19-16-15(20)17(23)22(18(24)21(16)6-2)12-9-10-13-28(25,26-7-3)27-8-4/h14H,5-13H2,1-4H3. The Morgan fingerprint density at radius 2 is 1.68 bits per heavy atom. The molecule has 158 valence electrons. The van der Waals surface area contributed by atoms with Crippen molar-refractivity contribution in [3.63, 3.8) is 0 Å². The molecular formula is C18H31N4O5P. The van der Waals surface area contributed by atoms with Crippen molar-refractivity contribution in [2.45, 2.75) is 66.6 Å². The second-order valence-electron chi connectivity index (χ2n) is 6.47. The molecule has 28 heavy (non-hydrogen) atoms. The summed E-state index contributed by atoms with van der Waals surface area (Å²) in [5.41, 5.74) is 0.199. The summed E-state index contributed by atoms with van der Waals surface area (Å²) >= 11 is 0. The Labute approximate surface area is 164 Å². The highest BCUT2D eigenvalue weighted by Gasteiger charge is 2.23. The predicted octanol–water partition coefficient (Wildman–Crippen LogP) is 2.84. The molecule has 0 saturated carbocycles. The van der Waals surface area contributed by atoms with Crippen LogP contribution in [0.4, 0.5) is 0 Å². The Balaban J connectivity index is 2.25. The van der Waals surface area contributed by atoms with Crippen LogP contribution in [0.2, 0.25) is 0 Å². The number of aromatic nitrogens is 4. The van der Waals surface area contributed by atoms with Gasteiger partial charge in [-0.05, 0) is 40.0 Å². The zero-order valence-corrected chi connectivity index (χ0v) is 18.1. The molecule has 0 radical (unpaired) electrons. The lowest BCUT2D eigenvalue weighted by atomic mass is 10.3. The van der Waals surface area contributed by atoms with Crippen molar-refractivity contribution in [2.24, 2.45) is 0 Å². The summed E-state index contributed by atoms with van der Waals surface area (Å²) in [6, 6.07) is 0. The molecule has 0 fully saturated rings. The predicted molar refractivity (Wildman–Crippen MR) is 109 cm³/mol. The molecular weight excluding hydrogens is 383 g/mol. The normalized spacial score (nSPS) is 12.1. The Bertz CT molecular complexity index is 936. The van der Waals surface area contributed by atoms with E-state index in [1.807, 2.05) is 13.8 Å². The van der Waals surface area contributed by atoms with Gasteiger partial charge in [-0.3, -0.25) is 18.5 Å².